The third kappa shape index (κ3) is 9.84. The topological polar surface area (TPSA) is 29.3 Å². The number of hydrogen-bond acceptors (Lipinski definition) is 2. The van der Waals surface area contributed by atoms with Crippen LogP contribution in [0.1, 0.15) is 40.0 Å². The van der Waals surface area contributed by atoms with Gasteiger partial charge in [0.2, 0.25) is 0 Å². The zero-order valence-corrected chi connectivity index (χ0v) is 9.77. The van der Waals surface area contributed by atoms with Gasteiger partial charge in [-0.15, -0.1) is 0 Å². The van der Waals surface area contributed by atoms with E-state index in [-0.39, 0.29) is 0 Å². The van der Waals surface area contributed by atoms with Crippen LogP contribution in [0.15, 0.2) is 0 Å². The summed E-state index contributed by atoms with van der Waals surface area (Å²) >= 11 is 0. The van der Waals surface area contributed by atoms with Crippen LogP contribution in [0.3, 0.4) is 0 Å². The van der Waals surface area contributed by atoms with Gasteiger partial charge in [0.15, 0.2) is 0 Å². The van der Waals surface area contributed by atoms with E-state index in [1.807, 2.05) is 0 Å². The first-order chi connectivity index (χ1) is 5.95. The van der Waals surface area contributed by atoms with Gasteiger partial charge in [0.25, 0.3) is 0 Å². The predicted octanol–water partition coefficient (Wildman–Crippen LogP) is 2.09. The average molecular weight is 186 g/mol. The van der Waals surface area contributed by atoms with Crippen molar-refractivity contribution >= 4 is 0 Å². The molecule has 0 atom stereocenters. The minimum Gasteiger partial charge on any atom is -0.330 e. The zero-order valence-electron chi connectivity index (χ0n) is 9.77. The molecule has 0 radical (unpaired) electrons. The summed E-state index contributed by atoms with van der Waals surface area (Å²) in [6, 6.07) is 0. The molecule has 0 saturated carbocycles. The summed E-state index contributed by atoms with van der Waals surface area (Å²) in [6.07, 6.45) is 3.66. The molecule has 0 aliphatic carbocycles. The second kappa shape index (κ2) is 6.39. The van der Waals surface area contributed by atoms with Crippen molar-refractivity contribution in [3.8, 4) is 0 Å². The van der Waals surface area contributed by atoms with Crippen molar-refractivity contribution in [3.63, 3.8) is 0 Å². The highest BCUT2D eigenvalue weighted by Gasteiger charge is 2.10. The SMILES string of the molecule is CN(CCCCN)CCC(C)(C)C. The second-order valence-electron chi connectivity index (χ2n) is 5.11. The first-order valence-corrected chi connectivity index (χ1v) is 5.34. The van der Waals surface area contributed by atoms with E-state index in [1.54, 1.807) is 0 Å². The number of nitrogens with two attached hydrogens (primary N) is 1. The molecule has 0 aromatic rings. The second-order valence-corrected chi connectivity index (χ2v) is 5.11. The van der Waals surface area contributed by atoms with E-state index in [2.05, 4.69) is 32.7 Å². The highest BCUT2D eigenvalue weighted by molar-refractivity contribution is 4.64. The van der Waals surface area contributed by atoms with Gasteiger partial charge in [0, 0.05) is 0 Å². The molecule has 0 saturated heterocycles. The molecule has 0 bridgehead atoms. The molecule has 0 rings (SSSR count). The Hall–Kier alpha value is -0.0800. The highest BCUT2D eigenvalue weighted by Crippen LogP contribution is 2.18. The van der Waals surface area contributed by atoms with Gasteiger partial charge in [-0.3, -0.25) is 0 Å². The van der Waals surface area contributed by atoms with Gasteiger partial charge >= 0.3 is 0 Å². The molecule has 2 nitrogen and oxygen atoms in total. The summed E-state index contributed by atoms with van der Waals surface area (Å²) in [4.78, 5) is 2.40. The third-order valence-corrected chi connectivity index (χ3v) is 2.24. The molecule has 0 aromatic carbocycles. The summed E-state index contributed by atoms with van der Waals surface area (Å²) in [5.41, 5.74) is 5.90. The minimum atomic E-state index is 0.460. The first kappa shape index (κ1) is 12.9. The molecule has 13 heavy (non-hydrogen) atoms. The van der Waals surface area contributed by atoms with Crippen LogP contribution in [0.5, 0.6) is 0 Å². The molecule has 0 aliphatic rings. The van der Waals surface area contributed by atoms with Crippen LogP contribution in [0.2, 0.25) is 0 Å². The monoisotopic (exact) mass is 186 g/mol. The molecular weight excluding hydrogens is 160 g/mol. The molecule has 0 spiro atoms. The quantitative estimate of drug-likeness (QED) is 0.644. The number of nitrogens with zero attached hydrogens (tertiary/aromatic N) is 1. The smallest absolute Gasteiger partial charge is 0.00168 e. The summed E-state index contributed by atoms with van der Waals surface area (Å²) in [5, 5.41) is 0. The normalized spacial score (nSPS) is 12.5. The Morgan fingerprint density at radius 2 is 1.69 bits per heavy atom. The molecule has 2 N–H and O–H groups in total. The van der Waals surface area contributed by atoms with Crippen LogP contribution in [0.25, 0.3) is 0 Å². The van der Waals surface area contributed by atoms with Crippen molar-refractivity contribution < 1.29 is 0 Å². The maximum absolute atomic E-state index is 5.44. The van der Waals surface area contributed by atoms with Gasteiger partial charge in [0.05, 0.1) is 0 Å². The third-order valence-electron chi connectivity index (χ3n) is 2.24. The largest absolute Gasteiger partial charge is 0.330 e. The number of rotatable bonds is 6. The molecule has 0 fully saturated rings. The fourth-order valence-corrected chi connectivity index (χ4v) is 1.16. The fourth-order valence-electron chi connectivity index (χ4n) is 1.16. The van der Waals surface area contributed by atoms with Crippen molar-refractivity contribution in [2.45, 2.75) is 40.0 Å². The van der Waals surface area contributed by atoms with Crippen molar-refractivity contribution in [3.05, 3.63) is 0 Å². The molecule has 80 valence electrons. The Balaban J connectivity index is 3.35. The lowest BCUT2D eigenvalue weighted by Gasteiger charge is -2.23. The van der Waals surface area contributed by atoms with E-state index in [9.17, 15) is 0 Å². The minimum absolute atomic E-state index is 0.460. The molecule has 0 unspecified atom stereocenters. The lowest BCUT2D eigenvalue weighted by Crippen LogP contribution is -2.24. The summed E-state index contributed by atoms with van der Waals surface area (Å²) in [6.45, 7) is 10.1. The van der Waals surface area contributed by atoms with E-state index in [4.69, 9.17) is 5.73 Å². The number of hydrogen-bond donors (Lipinski definition) is 1. The van der Waals surface area contributed by atoms with Gasteiger partial charge in [-0.05, 0) is 51.4 Å². The van der Waals surface area contributed by atoms with Crippen LogP contribution in [-0.4, -0.2) is 31.6 Å². The van der Waals surface area contributed by atoms with Gasteiger partial charge in [0.1, 0.15) is 0 Å². The van der Waals surface area contributed by atoms with E-state index >= 15 is 0 Å². The Labute approximate surface area is 83.5 Å². The molecular formula is C11H26N2. The van der Waals surface area contributed by atoms with Gasteiger partial charge in [-0.1, -0.05) is 20.8 Å². The lowest BCUT2D eigenvalue weighted by atomic mass is 9.92. The zero-order chi connectivity index (χ0) is 10.3. The summed E-state index contributed by atoms with van der Waals surface area (Å²) in [5.74, 6) is 0. The van der Waals surface area contributed by atoms with Crippen molar-refractivity contribution in [1.82, 2.24) is 4.90 Å². The van der Waals surface area contributed by atoms with Crippen LogP contribution >= 0.6 is 0 Å². The predicted molar refractivity (Wildman–Crippen MR) is 59.9 cm³/mol. The van der Waals surface area contributed by atoms with Gasteiger partial charge in [-0.2, -0.15) is 0 Å². The highest BCUT2D eigenvalue weighted by atomic mass is 15.1. The maximum atomic E-state index is 5.44. The van der Waals surface area contributed by atoms with Crippen molar-refractivity contribution in [2.24, 2.45) is 11.1 Å². The Morgan fingerprint density at radius 3 is 2.15 bits per heavy atom. The average Bonchev–Trinajstić information content (AvgIpc) is 2.00. The first-order valence-electron chi connectivity index (χ1n) is 5.34. The molecule has 0 aliphatic heterocycles. The molecule has 0 heterocycles. The fraction of sp³-hybridized carbons (Fsp3) is 1.00. The maximum Gasteiger partial charge on any atom is -0.00168 e. The number of unbranched alkanes of at least 4 members (excludes halogenated alkanes) is 1. The van der Waals surface area contributed by atoms with E-state index < -0.39 is 0 Å². The molecule has 2 heteroatoms. The van der Waals surface area contributed by atoms with Crippen LogP contribution in [0, 0.1) is 5.41 Å². The Bertz CT molecular complexity index is 116. The van der Waals surface area contributed by atoms with Crippen LogP contribution in [0.4, 0.5) is 0 Å². The van der Waals surface area contributed by atoms with Gasteiger partial charge in [-0.25, -0.2) is 0 Å². The van der Waals surface area contributed by atoms with Gasteiger partial charge < -0.3 is 10.6 Å². The summed E-state index contributed by atoms with van der Waals surface area (Å²) in [7, 11) is 2.20. The van der Waals surface area contributed by atoms with E-state index in [0.717, 1.165) is 13.0 Å². The van der Waals surface area contributed by atoms with Crippen LogP contribution in [-0.2, 0) is 0 Å². The van der Waals surface area contributed by atoms with E-state index in [0.29, 0.717) is 5.41 Å². The Morgan fingerprint density at radius 1 is 1.08 bits per heavy atom. The standard InChI is InChI=1S/C11H26N2/c1-11(2,3)7-10-13(4)9-6-5-8-12/h5-10,12H2,1-4H3. The van der Waals surface area contributed by atoms with Crippen molar-refractivity contribution in [2.75, 3.05) is 26.7 Å². The van der Waals surface area contributed by atoms with E-state index in [1.165, 1.54) is 25.9 Å². The Kier molecular flexibility index (Phi) is 6.35. The molecule has 0 aromatic heterocycles. The van der Waals surface area contributed by atoms with Crippen molar-refractivity contribution in [1.29, 1.82) is 0 Å². The summed E-state index contributed by atoms with van der Waals surface area (Å²) < 4.78 is 0. The lowest BCUT2D eigenvalue weighted by molar-refractivity contribution is 0.261. The van der Waals surface area contributed by atoms with Crippen LogP contribution < -0.4 is 5.73 Å². The molecule has 0 amide bonds.